The highest BCUT2D eigenvalue weighted by Crippen LogP contribution is 2.51. The Bertz CT molecular complexity index is 1560. The van der Waals surface area contributed by atoms with Gasteiger partial charge < -0.3 is 19.1 Å². The van der Waals surface area contributed by atoms with Gasteiger partial charge in [0.1, 0.15) is 6.04 Å². The largest absolute Gasteiger partial charge is 0.493 e. The van der Waals surface area contributed by atoms with Gasteiger partial charge in [-0.2, -0.15) is 0 Å². The minimum atomic E-state index is -1.29. The fraction of sp³-hybridized carbons (Fsp3) is 0.222. The number of halogens is 5. The van der Waals surface area contributed by atoms with Gasteiger partial charge in [-0.05, 0) is 42.3 Å². The highest BCUT2D eigenvalue weighted by molar-refractivity contribution is 6.55. The number of hydrogen-bond acceptors (Lipinski definition) is 6. The van der Waals surface area contributed by atoms with Gasteiger partial charge >= 0.3 is 0 Å². The second-order valence-corrected chi connectivity index (χ2v) is 10.8. The maximum Gasteiger partial charge on any atom is 0.264 e. The third kappa shape index (κ3) is 4.00. The Balaban J connectivity index is 1.71. The number of fused-ring (bicyclic) bond motifs is 1. The summed E-state index contributed by atoms with van der Waals surface area (Å²) in [6, 6.07) is 6.22. The number of imide groups is 1. The lowest BCUT2D eigenvalue weighted by molar-refractivity contribution is -0.130. The molecule has 0 saturated carbocycles. The van der Waals surface area contributed by atoms with E-state index >= 15 is 0 Å². The molecule has 1 saturated heterocycles. The molecule has 1 fully saturated rings. The molecule has 0 aliphatic carbocycles. The molecule has 40 heavy (non-hydrogen) atoms. The Labute approximate surface area is 254 Å². The second kappa shape index (κ2) is 10.5. The van der Waals surface area contributed by atoms with Crippen molar-refractivity contribution in [1.82, 2.24) is 4.90 Å². The first-order chi connectivity index (χ1) is 19.0. The molecule has 2 atom stereocenters. The molecule has 0 aromatic heterocycles. The van der Waals surface area contributed by atoms with Crippen LogP contribution in [0.15, 0.2) is 30.3 Å². The maximum atomic E-state index is 13.9. The van der Waals surface area contributed by atoms with Gasteiger partial charge in [0.2, 0.25) is 5.75 Å². The summed E-state index contributed by atoms with van der Waals surface area (Å²) in [5, 5.41) is -0.378. The Hall–Kier alpha value is -2.88. The molecule has 0 radical (unpaired) electrons. The topological polar surface area (TPSA) is 85.4 Å². The summed E-state index contributed by atoms with van der Waals surface area (Å²) in [6.07, 6.45) is 0. The standard InChI is InChI=1S/C27H19Cl5N2O6/c1-10-12(28)6-5-7-13(10)33-22(11-8-14(38-2)24(40-4)15(9-11)39-3)23(27(33)37)34-25(35)16-17(26(34)36)19(30)21(32)20(31)18(16)29/h5-9,22-23H,1-4H3. The SMILES string of the molecule is COc1cc(C2C(N3C(=O)c4c(Cl)c(Cl)c(Cl)c(Cl)c4C3=O)C(=O)N2c2cccc(Cl)c2C)cc(OC)c1OC. The summed E-state index contributed by atoms with van der Waals surface area (Å²) in [5.41, 5.74) is 1.16. The first-order valence-electron chi connectivity index (χ1n) is 11.6. The van der Waals surface area contributed by atoms with E-state index < -0.39 is 29.8 Å². The van der Waals surface area contributed by atoms with E-state index in [9.17, 15) is 14.4 Å². The van der Waals surface area contributed by atoms with Gasteiger partial charge in [-0.3, -0.25) is 19.3 Å². The van der Waals surface area contributed by atoms with Gasteiger partial charge in [0.05, 0.1) is 58.6 Å². The molecular weight excluding hydrogens is 626 g/mol. The van der Waals surface area contributed by atoms with Crippen LogP contribution in [0, 0.1) is 6.92 Å². The molecule has 0 N–H and O–H groups in total. The van der Waals surface area contributed by atoms with Crippen molar-refractivity contribution in [3.05, 3.63) is 77.7 Å². The molecule has 3 amide bonds. The van der Waals surface area contributed by atoms with E-state index in [0.717, 1.165) is 4.90 Å². The number of hydrogen-bond donors (Lipinski definition) is 0. The van der Waals surface area contributed by atoms with Crippen LogP contribution < -0.4 is 19.1 Å². The third-order valence-electron chi connectivity index (χ3n) is 7.01. The van der Waals surface area contributed by atoms with Gasteiger partial charge in [0.25, 0.3) is 17.7 Å². The summed E-state index contributed by atoms with van der Waals surface area (Å²) in [5.74, 6) is -1.25. The smallest absolute Gasteiger partial charge is 0.264 e. The number of amides is 3. The van der Waals surface area contributed by atoms with Crippen molar-refractivity contribution >= 4 is 81.4 Å². The van der Waals surface area contributed by atoms with E-state index in [1.54, 1.807) is 37.3 Å². The van der Waals surface area contributed by atoms with Gasteiger partial charge in [0, 0.05) is 10.7 Å². The van der Waals surface area contributed by atoms with Gasteiger partial charge in [-0.25, -0.2) is 0 Å². The van der Waals surface area contributed by atoms with E-state index in [1.807, 2.05) is 0 Å². The van der Waals surface area contributed by atoms with Crippen LogP contribution in [0.5, 0.6) is 17.2 Å². The summed E-state index contributed by atoms with van der Waals surface area (Å²) in [4.78, 5) is 43.6. The highest BCUT2D eigenvalue weighted by Gasteiger charge is 2.59. The normalized spacial score (nSPS) is 18.2. The molecule has 8 nitrogen and oxygen atoms in total. The number of ether oxygens (including phenoxy) is 3. The monoisotopic (exact) mass is 642 g/mol. The molecule has 3 aromatic rings. The van der Waals surface area contributed by atoms with Crippen molar-refractivity contribution in [2.24, 2.45) is 0 Å². The predicted molar refractivity (Wildman–Crippen MR) is 153 cm³/mol. The Morgan fingerprint density at radius 1 is 0.700 bits per heavy atom. The van der Waals surface area contributed by atoms with Crippen molar-refractivity contribution in [3.8, 4) is 17.2 Å². The molecule has 5 rings (SSSR count). The second-order valence-electron chi connectivity index (χ2n) is 8.93. The number of anilines is 1. The average molecular weight is 645 g/mol. The molecule has 0 bridgehead atoms. The zero-order valence-electron chi connectivity index (χ0n) is 21.3. The van der Waals surface area contributed by atoms with E-state index in [0.29, 0.717) is 39.1 Å². The summed E-state index contributed by atoms with van der Waals surface area (Å²) in [6.45, 7) is 1.76. The summed E-state index contributed by atoms with van der Waals surface area (Å²) < 4.78 is 16.5. The lowest BCUT2D eigenvalue weighted by Crippen LogP contribution is -2.67. The van der Waals surface area contributed by atoms with E-state index in [2.05, 4.69) is 0 Å². The van der Waals surface area contributed by atoms with Crippen LogP contribution in [0.3, 0.4) is 0 Å². The first-order valence-corrected chi connectivity index (χ1v) is 13.5. The summed E-state index contributed by atoms with van der Waals surface area (Å²) in [7, 11) is 4.36. The Morgan fingerprint density at radius 3 is 1.70 bits per heavy atom. The minimum absolute atomic E-state index is 0.174. The van der Waals surface area contributed by atoms with E-state index in [4.69, 9.17) is 72.2 Å². The third-order valence-corrected chi connectivity index (χ3v) is 9.22. The minimum Gasteiger partial charge on any atom is -0.493 e. The summed E-state index contributed by atoms with van der Waals surface area (Å²) >= 11 is 31.4. The number of nitrogens with zero attached hydrogens (tertiary/aromatic N) is 2. The number of β-lactam (4-membered cyclic amide) rings is 1. The number of benzene rings is 3. The van der Waals surface area contributed by atoms with Crippen molar-refractivity contribution in [2.75, 3.05) is 26.2 Å². The first kappa shape index (κ1) is 28.6. The van der Waals surface area contributed by atoms with Crippen LogP contribution in [-0.2, 0) is 4.79 Å². The Kier molecular flexibility index (Phi) is 7.52. The molecule has 208 valence electrons. The van der Waals surface area contributed by atoms with E-state index in [1.165, 1.54) is 26.2 Å². The fourth-order valence-electron chi connectivity index (χ4n) is 5.07. The lowest BCUT2D eigenvalue weighted by atomic mass is 9.85. The lowest BCUT2D eigenvalue weighted by Gasteiger charge is -2.50. The van der Waals surface area contributed by atoms with Gasteiger partial charge in [-0.15, -0.1) is 0 Å². The molecule has 2 heterocycles. The number of methoxy groups -OCH3 is 3. The van der Waals surface area contributed by atoms with Crippen LogP contribution in [-0.4, -0.2) is 50.0 Å². The molecule has 2 unspecified atom stereocenters. The zero-order chi connectivity index (χ0) is 29.2. The molecule has 2 aliphatic heterocycles. The predicted octanol–water partition coefficient (Wildman–Crippen LogP) is 7.04. The van der Waals surface area contributed by atoms with Crippen molar-refractivity contribution in [3.63, 3.8) is 0 Å². The van der Waals surface area contributed by atoms with Crippen molar-refractivity contribution < 1.29 is 28.6 Å². The fourth-order valence-corrected chi connectivity index (χ4v) is 6.26. The molecule has 13 heteroatoms. The highest BCUT2D eigenvalue weighted by atomic mass is 35.5. The van der Waals surface area contributed by atoms with Crippen LogP contribution in [0.25, 0.3) is 0 Å². The number of carbonyl (C=O) groups excluding carboxylic acids is 3. The Morgan fingerprint density at radius 2 is 1.23 bits per heavy atom. The number of rotatable bonds is 6. The van der Waals surface area contributed by atoms with Crippen LogP contribution in [0.2, 0.25) is 25.1 Å². The van der Waals surface area contributed by atoms with Crippen molar-refractivity contribution in [2.45, 2.75) is 19.0 Å². The number of carbonyl (C=O) groups is 3. The molecule has 2 aliphatic rings. The maximum absolute atomic E-state index is 13.9. The van der Waals surface area contributed by atoms with Crippen LogP contribution in [0.4, 0.5) is 5.69 Å². The quantitative estimate of drug-likeness (QED) is 0.124. The molecule has 0 spiro atoms. The van der Waals surface area contributed by atoms with Crippen molar-refractivity contribution in [1.29, 1.82) is 0 Å². The molecule has 3 aromatic carbocycles. The van der Waals surface area contributed by atoms with Gasteiger partial charge in [0.15, 0.2) is 11.5 Å². The van der Waals surface area contributed by atoms with Crippen LogP contribution >= 0.6 is 58.0 Å². The van der Waals surface area contributed by atoms with Gasteiger partial charge in [-0.1, -0.05) is 64.1 Å². The van der Waals surface area contributed by atoms with E-state index in [-0.39, 0.29) is 31.2 Å². The van der Waals surface area contributed by atoms with Crippen LogP contribution in [0.1, 0.15) is 37.9 Å². The average Bonchev–Trinajstić information content (AvgIpc) is 3.20. The molecular formula is C27H19Cl5N2O6. The zero-order valence-corrected chi connectivity index (χ0v) is 25.1.